The van der Waals surface area contributed by atoms with Crippen LogP contribution >= 0.6 is 0 Å². The van der Waals surface area contributed by atoms with E-state index in [1.54, 1.807) is 0 Å². The summed E-state index contributed by atoms with van der Waals surface area (Å²) in [6.45, 7) is 11.9. The fourth-order valence-electron chi connectivity index (χ4n) is 6.69. The van der Waals surface area contributed by atoms with Crippen LogP contribution in [0.15, 0.2) is 166 Å². The molecule has 0 spiro atoms. The van der Waals surface area contributed by atoms with Crippen molar-refractivity contribution in [3.05, 3.63) is 169 Å². The molecule has 0 saturated heterocycles. The van der Waals surface area contributed by atoms with Crippen LogP contribution in [0.3, 0.4) is 0 Å². The molecule has 6 aromatic rings. The fourth-order valence-corrected chi connectivity index (χ4v) is 6.69. The maximum Gasteiger partial charge on any atom is 0.374 e. The highest BCUT2D eigenvalue weighted by Crippen LogP contribution is 2.39. The third-order valence-corrected chi connectivity index (χ3v) is 9.21. The van der Waals surface area contributed by atoms with Crippen molar-refractivity contribution in [1.82, 2.24) is 0 Å². The number of nitrogens with zero attached hydrogens (tertiary/aromatic N) is 4. The van der Waals surface area contributed by atoms with Crippen LogP contribution in [-0.4, -0.2) is 13.1 Å². The number of para-hydroxylation sites is 8. The number of rotatable bonds is 10. The highest BCUT2D eigenvalue weighted by Gasteiger charge is 2.25. The van der Waals surface area contributed by atoms with E-state index in [1.165, 1.54) is 0 Å². The lowest BCUT2D eigenvalue weighted by Crippen LogP contribution is -3.00. The number of hydrogen-bond donors (Lipinski definition) is 0. The smallest absolute Gasteiger partial charge is 0.374 e. The standard InChI is InChI=1S/2C23H23N2O2.CH4.HI/c2*1-3-24-18-12-8-10-14-20(18)26-22(24)16-6-5-7-17-23-25(4-2)19-13-9-11-15-21(19)27-23;;/h2*5-17H,3-4H2,1-2H3;1H4;1H/q2*+1;;/p-1. The number of ether oxygens (including phenoxy) is 2. The van der Waals surface area contributed by atoms with E-state index in [4.69, 9.17) is 18.3 Å². The third kappa shape index (κ3) is 8.84. The molecular weight excluding hydrogens is 811 g/mol. The van der Waals surface area contributed by atoms with Crippen molar-refractivity contribution in [2.24, 2.45) is 0 Å². The first-order chi connectivity index (χ1) is 26.6. The Balaban J connectivity index is 0.000000207. The van der Waals surface area contributed by atoms with Gasteiger partial charge in [0.2, 0.25) is 22.9 Å². The van der Waals surface area contributed by atoms with E-state index in [9.17, 15) is 0 Å². The molecule has 4 heterocycles. The quantitative estimate of drug-likeness (QED) is 0.0798. The molecule has 0 radical (unpaired) electrons. The van der Waals surface area contributed by atoms with Gasteiger partial charge in [0.15, 0.2) is 11.5 Å². The Bertz CT molecular complexity index is 2260. The number of oxazole rings is 2. The van der Waals surface area contributed by atoms with Gasteiger partial charge in [-0.05, 0) is 76.2 Å². The molecular formula is C47H50IN4O4+. The van der Waals surface area contributed by atoms with Crippen LogP contribution in [0.4, 0.5) is 11.4 Å². The maximum absolute atomic E-state index is 5.94. The Hall–Kier alpha value is -5.81. The molecule has 2 aliphatic rings. The van der Waals surface area contributed by atoms with Gasteiger partial charge >= 0.3 is 11.8 Å². The average molecular weight is 862 g/mol. The van der Waals surface area contributed by atoms with Crippen LogP contribution in [0.1, 0.15) is 46.9 Å². The second kappa shape index (κ2) is 19.7. The Morgan fingerprint density at radius 2 is 0.893 bits per heavy atom. The monoisotopic (exact) mass is 861 g/mol. The molecule has 4 aromatic carbocycles. The van der Waals surface area contributed by atoms with E-state index in [0.29, 0.717) is 0 Å². The summed E-state index contributed by atoms with van der Waals surface area (Å²) in [5.41, 5.74) is 6.26. The highest BCUT2D eigenvalue weighted by molar-refractivity contribution is 5.71. The number of benzene rings is 4. The highest BCUT2D eigenvalue weighted by atomic mass is 127. The van der Waals surface area contributed by atoms with Crippen LogP contribution in [0.2, 0.25) is 0 Å². The predicted octanol–water partition coefficient (Wildman–Crippen LogP) is 7.78. The SMILES string of the molecule is C.CCN1/C(=C/C=C/C=C/c2oc3ccccc3[n+]2CC)Oc2ccccc21.CCN1/C(=C/C=C/C=C/c2oc3ccccc3[n+]2CC)Oc2ccccc21.[I-]. The van der Waals surface area contributed by atoms with Crippen molar-refractivity contribution in [3.8, 4) is 11.5 Å². The second-order valence-electron chi connectivity index (χ2n) is 12.4. The molecule has 0 bridgehead atoms. The van der Waals surface area contributed by atoms with Gasteiger partial charge in [-0.3, -0.25) is 0 Å². The lowest BCUT2D eigenvalue weighted by atomic mass is 10.3. The average Bonchev–Trinajstić information content (AvgIpc) is 3.96. The molecule has 8 nitrogen and oxygen atoms in total. The van der Waals surface area contributed by atoms with Crippen molar-refractivity contribution in [2.45, 2.75) is 48.2 Å². The topological polar surface area (TPSA) is 59.0 Å². The lowest BCUT2D eigenvalue weighted by Gasteiger charge is -2.14. The fraction of sp³-hybridized carbons (Fsp3) is 0.191. The molecule has 0 atom stereocenters. The van der Waals surface area contributed by atoms with E-state index in [2.05, 4.69) is 70.9 Å². The van der Waals surface area contributed by atoms with E-state index < -0.39 is 0 Å². The van der Waals surface area contributed by atoms with Gasteiger partial charge in [-0.15, -0.1) is 0 Å². The van der Waals surface area contributed by atoms with Crippen LogP contribution in [-0.2, 0) is 13.1 Å². The molecule has 9 heteroatoms. The molecule has 0 N–H and O–H groups in total. The van der Waals surface area contributed by atoms with Crippen LogP contribution < -0.4 is 52.4 Å². The minimum Gasteiger partial charge on any atom is -1.00 e. The van der Waals surface area contributed by atoms with Crippen molar-refractivity contribution in [3.63, 3.8) is 0 Å². The van der Waals surface area contributed by atoms with Crippen molar-refractivity contribution in [2.75, 3.05) is 22.9 Å². The number of aryl methyl sites for hydroxylation is 2. The Morgan fingerprint density at radius 3 is 1.30 bits per heavy atom. The molecule has 2 aromatic heterocycles. The van der Waals surface area contributed by atoms with Gasteiger partial charge in [-0.25, -0.2) is 0 Å². The molecule has 0 fully saturated rings. The first-order valence-corrected chi connectivity index (χ1v) is 18.6. The number of halogens is 1. The van der Waals surface area contributed by atoms with Gasteiger partial charge in [0.1, 0.15) is 13.1 Å². The first kappa shape index (κ1) is 41.4. The minimum atomic E-state index is 0. The van der Waals surface area contributed by atoms with Gasteiger partial charge in [-0.2, -0.15) is 9.13 Å². The zero-order chi connectivity index (χ0) is 37.3. The Kier molecular flexibility index (Phi) is 14.5. The number of hydrogen-bond acceptors (Lipinski definition) is 6. The van der Waals surface area contributed by atoms with Gasteiger partial charge in [0.25, 0.3) is 11.0 Å². The van der Waals surface area contributed by atoms with Gasteiger partial charge in [0.05, 0.1) is 23.5 Å². The maximum atomic E-state index is 5.94. The molecule has 56 heavy (non-hydrogen) atoms. The molecule has 0 unspecified atom stereocenters. The van der Waals surface area contributed by atoms with Crippen molar-refractivity contribution < 1.29 is 51.4 Å². The second-order valence-corrected chi connectivity index (χ2v) is 12.4. The van der Waals surface area contributed by atoms with Crippen LogP contribution in [0, 0.1) is 0 Å². The number of aromatic nitrogens is 2. The zero-order valence-electron chi connectivity index (χ0n) is 31.6. The molecule has 288 valence electrons. The first-order valence-electron chi connectivity index (χ1n) is 18.6. The van der Waals surface area contributed by atoms with Gasteiger partial charge in [-0.1, -0.05) is 92.4 Å². The molecule has 2 aliphatic heterocycles. The van der Waals surface area contributed by atoms with Crippen molar-refractivity contribution in [1.29, 1.82) is 0 Å². The summed E-state index contributed by atoms with van der Waals surface area (Å²) in [5.74, 6) is 5.18. The summed E-state index contributed by atoms with van der Waals surface area (Å²) in [5, 5.41) is 0. The third-order valence-electron chi connectivity index (χ3n) is 9.21. The largest absolute Gasteiger partial charge is 1.00 e. The minimum absolute atomic E-state index is 0. The van der Waals surface area contributed by atoms with Crippen LogP contribution in [0.5, 0.6) is 11.5 Å². The summed E-state index contributed by atoms with van der Waals surface area (Å²) in [7, 11) is 0. The van der Waals surface area contributed by atoms with E-state index in [0.717, 1.165) is 94.8 Å². The van der Waals surface area contributed by atoms with Crippen LogP contribution in [0.25, 0.3) is 34.4 Å². The summed E-state index contributed by atoms with van der Waals surface area (Å²) < 4.78 is 28.1. The van der Waals surface area contributed by atoms with E-state index in [-0.39, 0.29) is 31.4 Å². The van der Waals surface area contributed by atoms with E-state index >= 15 is 0 Å². The zero-order valence-corrected chi connectivity index (χ0v) is 33.8. The molecule has 8 rings (SSSR count). The summed E-state index contributed by atoms with van der Waals surface area (Å²) in [6.07, 6.45) is 19.9. The van der Waals surface area contributed by atoms with E-state index in [1.807, 2.05) is 134 Å². The predicted molar refractivity (Wildman–Crippen MR) is 224 cm³/mol. The number of anilines is 2. The lowest BCUT2D eigenvalue weighted by molar-refractivity contribution is -0.674. The molecule has 0 amide bonds. The Labute approximate surface area is 347 Å². The normalized spacial score (nSPS) is 14.8. The number of fused-ring (bicyclic) bond motifs is 4. The van der Waals surface area contributed by atoms with Crippen molar-refractivity contribution >= 4 is 45.7 Å². The molecule has 0 aliphatic carbocycles. The summed E-state index contributed by atoms with van der Waals surface area (Å²) in [6, 6.07) is 32.4. The molecule has 0 saturated carbocycles. The number of allylic oxidation sites excluding steroid dienone is 8. The summed E-state index contributed by atoms with van der Waals surface area (Å²) >= 11 is 0. The van der Waals surface area contributed by atoms with Gasteiger partial charge in [0, 0.05) is 25.2 Å². The summed E-state index contributed by atoms with van der Waals surface area (Å²) in [4.78, 5) is 4.32. The van der Waals surface area contributed by atoms with Gasteiger partial charge < -0.3 is 52.1 Å². The Morgan fingerprint density at radius 1 is 0.500 bits per heavy atom.